The predicted molar refractivity (Wildman–Crippen MR) is 159 cm³/mol. The van der Waals surface area contributed by atoms with E-state index < -0.39 is 23.8 Å². The van der Waals surface area contributed by atoms with Crippen molar-refractivity contribution in [2.45, 2.75) is 58.7 Å². The minimum Gasteiger partial charge on any atom is -0.434 e. The molecule has 0 saturated carbocycles. The van der Waals surface area contributed by atoms with Gasteiger partial charge in [0.05, 0.1) is 43.1 Å². The smallest absolute Gasteiger partial charge is 0.241 e. The van der Waals surface area contributed by atoms with Crippen molar-refractivity contribution in [2.24, 2.45) is 0 Å². The van der Waals surface area contributed by atoms with Gasteiger partial charge in [-0.05, 0) is 56.8 Å². The van der Waals surface area contributed by atoms with Crippen molar-refractivity contribution < 1.29 is 33.2 Å². The number of hydrogen-bond acceptors (Lipinski definition) is 9. The largest absolute Gasteiger partial charge is 0.434 e. The van der Waals surface area contributed by atoms with Crippen molar-refractivity contribution in [3.8, 4) is 23.0 Å². The van der Waals surface area contributed by atoms with Crippen molar-refractivity contribution >= 4 is 21.6 Å². The molecule has 8 nitrogen and oxygen atoms in total. The number of aliphatic hydroxyl groups is 2. The zero-order valence-electron chi connectivity index (χ0n) is 24.2. The Kier molecular flexibility index (Phi) is 11.3. The van der Waals surface area contributed by atoms with Gasteiger partial charge in [-0.1, -0.05) is 24.3 Å². The van der Waals surface area contributed by atoms with Gasteiger partial charge in [-0.15, -0.1) is 11.3 Å². The van der Waals surface area contributed by atoms with Crippen LogP contribution in [-0.4, -0.2) is 75.8 Å². The van der Waals surface area contributed by atoms with E-state index in [-0.39, 0.29) is 37.1 Å². The predicted octanol–water partition coefficient (Wildman–Crippen LogP) is 5.80. The summed E-state index contributed by atoms with van der Waals surface area (Å²) >= 11 is 1.36. The van der Waals surface area contributed by atoms with Gasteiger partial charge in [0.15, 0.2) is 17.4 Å². The summed E-state index contributed by atoms with van der Waals surface area (Å²) in [6.45, 7) is 9.13. The van der Waals surface area contributed by atoms with Crippen molar-refractivity contribution in [3.63, 3.8) is 0 Å². The highest BCUT2D eigenvalue weighted by molar-refractivity contribution is 7.17. The molecule has 0 fully saturated rings. The zero-order valence-corrected chi connectivity index (χ0v) is 25.0. The van der Waals surface area contributed by atoms with Gasteiger partial charge in [-0.2, -0.15) is 4.98 Å². The molecule has 2 aromatic carbocycles. The standard InChI is InChI=1S/C31H37F2N3O5S/c1-19(2)39-17-24(37)15-36(16-25(38)18-40-20(3)4)14-21-5-7-22(8-6-21)30-34-27-11-12-42-29(27)31(35-30)41-28-10-9-23(32)13-26(28)33/h5-13,19-20,24-25,37-38H,14-18H2,1-4H3. The second-order valence-electron chi connectivity index (χ2n) is 10.6. The summed E-state index contributed by atoms with van der Waals surface area (Å²) < 4.78 is 45.2. The summed E-state index contributed by atoms with van der Waals surface area (Å²) in [7, 11) is 0. The van der Waals surface area contributed by atoms with E-state index in [0.717, 1.165) is 23.3 Å². The fourth-order valence-corrected chi connectivity index (χ4v) is 4.98. The molecule has 0 bridgehead atoms. The molecule has 42 heavy (non-hydrogen) atoms. The molecule has 0 aliphatic carbocycles. The Labute approximate surface area is 248 Å². The monoisotopic (exact) mass is 601 g/mol. The number of halogens is 2. The maximum atomic E-state index is 14.3. The lowest BCUT2D eigenvalue weighted by Gasteiger charge is -2.28. The minimum absolute atomic E-state index is 0.00169. The van der Waals surface area contributed by atoms with E-state index in [4.69, 9.17) is 14.2 Å². The molecule has 0 aliphatic heterocycles. The van der Waals surface area contributed by atoms with Gasteiger partial charge < -0.3 is 24.4 Å². The normalized spacial score (nSPS) is 13.4. The van der Waals surface area contributed by atoms with Crippen molar-refractivity contribution in [3.05, 3.63) is 71.1 Å². The number of fused-ring (bicyclic) bond motifs is 1. The molecule has 226 valence electrons. The molecule has 0 saturated heterocycles. The Hall–Kier alpha value is -3.06. The van der Waals surface area contributed by atoms with Crippen LogP contribution in [0.1, 0.15) is 33.3 Å². The number of ether oxygens (including phenoxy) is 3. The van der Waals surface area contributed by atoms with Crippen molar-refractivity contribution in [1.82, 2.24) is 14.9 Å². The summed E-state index contributed by atoms with van der Waals surface area (Å²) in [5.41, 5.74) is 2.32. The van der Waals surface area contributed by atoms with Gasteiger partial charge in [0.1, 0.15) is 10.5 Å². The first-order chi connectivity index (χ1) is 20.1. The summed E-state index contributed by atoms with van der Waals surface area (Å²) in [6, 6.07) is 12.5. The van der Waals surface area contributed by atoms with E-state index in [1.165, 1.54) is 17.4 Å². The van der Waals surface area contributed by atoms with Crippen molar-refractivity contribution in [1.29, 1.82) is 0 Å². The molecule has 2 atom stereocenters. The fourth-order valence-electron chi connectivity index (χ4n) is 4.23. The number of thiophene rings is 1. The van der Waals surface area contributed by atoms with Crippen LogP contribution in [0.25, 0.3) is 21.6 Å². The number of nitrogens with zero attached hydrogens (tertiary/aromatic N) is 3. The quantitative estimate of drug-likeness (QED) is 0.176. The molecule has 2 N–H and O–H groups in total. The van der Waals surface area contributed by atoms with Gasteiger partial charge in [-0.3, -0.25) is 4.90 Å². The SMILES string of the molecule is CC(C)OCC(O)CN(Cc1ccc(-c2nc(Oc3ccc(F)cc3F)c3sccc3n2)cc1)CC(O)COC(C)C. The highest BCUT2D eigenvalue weighted by atomic mass is 32.1. The Balaban J connectivity index is 1.51. The molecule has 4 aromatic rings. The molecule has 2 unspecified atom stereocenters. The van der Waals surface area contributed by atoms with Crippen LogP contribution in [0.4, 0.5) is 8.78 Å². The molecule has 0 spiro atoms. The third-order valence-electron chi connectivity index (χ3n) is 6.17. The van der Waals surface area contributed by atoms with E-state index in [1.807, 2.05) is 68.3 Å². The minimum atomic E-state index is -0.824. The summed E-state index contributed by atoms with van der Waals surface area (Å²) in [4.78, 5) is 11.2. The Morgan fingerprint density at radius 1 is 0.857 bits per heavy atom. The lowest BCUT2D eigenvalue weighted by atomic mass is 10.1. The van der Waals surface area contributed by atoms with E-state index in [9.17, 15) is 19.0 Å². The van der Waals surface area contributed by atoms with Crippen LogP contribution >= 0.6 is 11.3 Å². The van der Waals surface area contributed by atoms with Crippen LogP contribution in [0.15, 0.2) is 53.9 Å². The fraction of sp³-hybridized carbons (Fsp3) is 0.419. The molecule has 0 amide bonds. The third-order valence-corrected chi connectivity index (χ3v) is 7.06. The van der Waals surface area contributed by atoms with Crippen LogP contribution in [0.3, 0.4) is 0 Å². The molecule has 0 radical (unpaired) electrons. The maximum absolute atomic E-state index is 14.3. The van der Waals surface area contributed by atoms with Crippen LogP contribution in [0.5, 0.6) is 11.6 Å². The van der Waals surface area contributed by atoms with E-state index >= 15 is 0 Å². The molecule has 2 aromatic heterocycles. The number of benzene rings is 2. The number of rotatable bonds is 15. The van der Waals surface area contributed by atoms with Gasteiger partial charge in [0, 0.05) is 31.3 Å². The van der Waals surface area contributed by atoms with E-state index in [2.05, 4.69) is 9.97 Å². The lowest BCUT2D eigenvalue weighted by molar-refractivity contribution is -0.0320. The van der Waals surface area contributed by atoms with Gasteiger partial charge in [-0.25, -0.2) is 13.8 Å². The molecule has 0 aliphatic rings. The Bertz CT molecular complexity index is 1410. The van der Waals surface area contributed by atoms with Crippen LogP contribution in [-0.2, 0) is 16.0 Å². The van der Waals surface area contributed by atoms with E-state index in [0.29, 0.717) is 35.7 Å². The average Bonchev–Trinajstić information content (AvgIpc) is 3.42. The molecular formula is C31H37F2N3O5S. The van der Waals surface area contributed by atoms with Crippen molar-refractivity contribution in [2.75, 3.05) is 26.3 Å². The summed E-state index contributed by atoms with van der Waals surface area (Å²) in [5, 5.41) is 22.9. The van der Waals surface area contributed by atoms with E-state index in [1.54, 1.807) is 0 Å². The molecule has 2 heterocycles. The topological polar surface area (TPSA) is 97.2 Å². The molecule has 11 heteroatoms. The highest BCUT2D eigenvalue weighted by Gasteiger charge is 2.19. The summed E-state index contributed by atoms with van der Waals surface area (Å²) in [5.74, 6) is -1.08. The zero-order chi connectivity index (χ0) is 30.2. The second kappa shape index (κ2) is 14.9. The lowest BCUT2D eigenvalue weighted by Crippen LogP contribution is -2.41. The molecule has 4 rings (SSSR count). The van der Waals surface area contributed by atoms with Gasteiger partial charge in [0.25, 0.3) is 0 Å². The first kappa shape index (κ1) is 31.9. The van der Waals surface area contributed by atoms with Crippen LogP contribution < -0.4 is 4.74 Å². The highest BCUT2D eigenvalue weighted by Crippen LogP contribution is 2.34. The summed E-state index contributed by atoms with van der Waals surface area (Å²) in [6.07, 6.45) is -1.44. The number of hydrogen-bond donors (Lipinski definition) is 2. The number of aliphatic hydroxyl groups excluding tert-OH is 2. The second-order valence-corrected chi connectivity index (χ2v) is 11.5. The third kappa shape index (κ3) is 9.22. The van der Waals surface area contributed by atoms with Gasteiger partial charge in [0.2, 0.25) is 5.88 Å². The van der Waals surface area contributed by atoms with Crippen LogP contribution in [0, 0.1) is 11.6 Å². The van der Waals surface area contributed by atoms with Gasteiger partial charge >= 0.3 is 0 Å². The Morgan fingerprint density at radius 2 is 1.50 bits per heavy atom. The maximum Gasteiger partial charge on any atom is 0.241 e. The molecular weight excluding hydrogens is 564 g/mol. The Morgan fingerprint density at radius 3 is 2.10 bits per heavy atom. The first-order valence-electron chi connectivity index (χ1n) is 13.9. The first-order valence-corrected chi connectivity index (χ1v) is 14.7. The number of aromatic nitrogens is 2. The average molecular weight is 602 g/mol. The van der Waals surface area contributed by atoms with Crippen LogP contribution in [0.2, 0.25) is 0 Å².